The fraction of sp³-hybridized carbons (Fsp3) is 0.422. The molecule has 1 aromatic rings. The molecule has 280 valence electrons. The van der Waals surface area contributed by atoms with Crippen molar-refractivity contribution in [1.82, 2.24) is 14.9 Å². The Morgan fingerprint density at radius 3 is 1.86 bits per heavy atom. The normalized spacial score (nSPS) is 11.6. The number of halogens is 1. The minimum Gasteiger partial charge on any atom is -0.383 e. The number of allylic oxidation sites excluding steroid dienone is 14. The lowest BCUT2D eigenvalue weighted by atomic mass is 9.94. The number of hydrogen-bond donors (Lipinski definition) is 1. The maximum Gasteiger partial charge on any atom is 0.159 e. The van der Waals surface area contributed by atoms with Gasteiger partial charge in [0, 0.05) is 43.5 Å². The molecule has 1 rings (SSSR count). The van der Waals surface area contributed by atoms with E-state index in [0.29, 0.717) is 5.92 Å². The summed E-state index contributed by atoms with van der Waals surface area (Å²) >= 11 is 4.64. The second kappa shape index (κ2) is 36.4. The number of imidazole rings is 1. The quantitative estimate of drug-likeness (QED) is 0.0544. The second-order valence-electron chi connectivity index (χ2n) is 12.2. The molecule has 1 N–H and O–H groups in total. The Morgan fingerprint density at radius 2 is 1.44 bits per heavy atom. The Hall–Kier alpha value is -3.89. The van der Waals surface area contributed by atoms with Gasteiger partial charge in [-0.3, -0.25) is 4.79 Å². The molecular weight excluding hydrogens is 634 g/mol. The third-order valence-corrected chi connectivity index (χ3v) is 6.61. The number of carbonyl (C=O) groups excluding carboxylic acids is 1. The number of nitrogens with zero attached hydrogens (tertiary/aromatic N) is 2. The maximum atomic E-state index is 10.8. The summed E-state index contributed by atoms with van der Waals surface area (Å²) < 4.78 is 0. The summed E-state index contributed by atoms with van der Waals surface area (Å²) in [6.45, 7) is 38.1. The smallest absolute Gasteiger partial charge is 0.159 e. The molecule has 50 heavy (non-hydrogen) atoms. The van der Waals surface area contributed by atoms with Crippen molar-refractivity contribution in [1.29, 1.82) is 0 Å². The van der Waals surface area contributed by atoms with Crippen LogP contribution in [0.2, 0.25) is 0 Å². The van der Waals surface area contributed by atoms with Crippen molar-refractivity contribution in [2.24, 2.45) is 5.92 Å². The molecule has 0 unspecified atom stereocenters. The van der Waals surface area contributed by atoms with Crippen LogP contribution in [0.4, 0.5) is 0 Å². The zero-order valence-corrected chi connectivity index (χ0v) is 34.6. The Morgan fingerprint density at radius 1 is 0.900 bits per heavy atom. The van der Waals surface area contributed by atoms with Gasteiger partial charge in [-0.1, -0.05) is 151 Å². The van der Waals surface area contributed by atoms with Gasteiger partial charge in [-0.05, 0) is 65.5 Å². The van der Waals surface area contributed by atoms with E-state index in [1.54, 1.807) is 31.2 Å². The standard InChI is InChI=1S/C16H28.C14H19N3.C10H14O.C4H8.CH3Cl/c1-5-8-9-10-11-12-14-15(4)16(7-3)13-6-2;1-6-8-12(7-2)14-15-11(3)13(16-14)9-10-17(4)5;1-5-10(9(4)11)7-6-8(2)3;1-4(2)3;1-2/h6-7,13,15H,2-3,5,8-12,14H2,1,4H3;6-10H,1-2H2,3-5H3,(H,15,16);5-7H,2H2,1,3-4H3;1H2,2-3H3;1H3/b16-13+;10-9-,12-8+;7-6-,10-5+;;/t15-;;;;/m1..../s1. The summed E-state index contributed by atoms with van der Waals surface area (Å²) in [6, 6.07) is 0. The number of hydrogen-bond acceptors (Lipinski definition) is 3. The van der Waals surface area contributed by atoms with Crippen LogP contribution in [0.25, 0.3) is 11.6 Å². The monoisotopic (exact) mass is 706 g/mol. The van der Waals surface area contributed by atoms with Gasteiger partial charge in [0.05, 0.1) is 5.69 Å². The first-order chi connectivity index (χ1) is 23.6. The van der Waals surface area contributed by atoms with Crippen molar-refractivity contribution in [3.8, 4) is 0 Å². The lowest BCUT2D eigenvalue weighted by Gasteiger charge is -2.12. The first kappa shape index (κ1) is 52.9. The van der Waals surface area contributed by atoms with E-state index in [2.05, 4.69) is 81.0 Å². The van der Waals surface area contributed by atoms with Crippen LogP contribution in [0, 0.1) is 12.8 Å². The fourth-order valence-corrected chi connectivity index (χ4v) is 3.98. The lowest BCUT2D eigenvalue weighted by molar-refractivity contribution is -0.113. The number of H-pyrrole nitrogens is 1. The number of aromatic amines is 1. The number of Topliss-reactive ketones (excluding diaryl/α,β-unsaturated/α-hetero) is 1. The van der Waals surface area contributed by atoms with Gasteiger partial charge in [-0.25, -0.2) is 4.98 Å². The number of rotatable bonds is 18. The number of nitrogens with one attached hydrogen (secondary N) is 1. The van der Waals surface area contributed by atoms with Crippen molar-refractivity contribution in [3.63, 3.8) is 0 Å². The number of aryl methyl sites for hydroxylation is 1. The molecule has 0 saturated heterocycles. The van der Waals surface area contributed by atoms with Gasteiger partial charge in [-0.2, -0.15) is 0 Å². The zero-order valence-electron chi connectivity index (χ0n) is 33.8. The number of ketones is 1. The molecule has 0 aliphatic rings. The van der Waals surface area contributed by atoms with Crippen LogP contribution >= 0.6 is 11.6 Å². The average molecular weight is 707 g/mol. The summed E-state index contributed by atoms with van der Waals surface area (Å²) in [4.78, 5) is 20.6. The van der Waals surface area contributed by atoms with E-state index in [-0.39, 0.29) is 5.78 Å². The summed E-state index contributed by atoms with van der Waals surface area (Å²) in [6.07, 6.45) is 31.6. The molecule has 0 spiro atoms. The van der Waals surface area contributed by atoms with Crippen LogP contribution in [0.15, 0.2) is 123 Å². The molecule has 0 aliphatic carbocycles. The summed E-state index contributed by atoms with van der Waals surface area (Å²) in [5.74, 6) is 1.53. The molecule has 5 heteroatoms. The second-order valence-corrected chi connectivity index (χ2v) is 12.2. The van der Waals surface area contributed by atoms with Crippen LogP contribution in [-0.4, -0.2) is 41.1 Å². The minimum absolute atomic E-state index is 0.0880. The third-order valence-electron chi connectivity index (χ3n) is 6.61. The number of aromatic nitrogens is 2. The Balaban J connectivity index is -0.000000299. The van der Waals surface area contributed by atoms with E-state index in [0.717, 1.165) is 33.9 Å². The van der Waals surface area contributed by atoms with Gasteiger partial charge in [0.1, 0.15) is 5.82 Å². The van der Waals surface area contributed by atoms with E-state index in [4.69, 9.17) is 0 Å². The molecule has 0 saturated carbocycles. The van der Waals surface area contributed by atoms with Gasteiger partial charge in [-0.15, -0.1) is 18.2 Å². The lowest BCUT2D eigenvalue weighted by Crippen LogP contribution is -1.99. The highest BCUT2D eigenvalue weighted by molar-refractivity contribution is 6.15. The highest BCUT2D eigenvalue weighted by Gasteiger charge is 2.06. The largest absolute Gasteiger partial charge is 0.383 e. The summed E-state index contributed by atoms with van der Waals surface area (Å²) in [7, 11) is 3.96. The third kappa shape index (κ3) is 32.6. The molecule has 4 nitrogen and oxygen atoms in total. The summed E-state index contributed by atoms with van der Waals surface area (Å²) in [5.41, 5.74) is 7.08. The van der Waals surface area contributed by atoms with E-state index in [9.17, 15) is 4.79 Å². The van der Waals surface area contributed by atoms with Gasteiger partial charge in [0.25, 0.3) is 0 Å². The SMILES string of the molecule is C=C(C)/C=C\C(=C/C)C(C)=O.C=C(C)C.C=C/C=C(\C=C)[C@H](C)CCCCCCCC.C=C/C=C(\C=C)c1nc(/C=C\N(C)C)c(C)[nH]1.CCl. The topological polar surface area (TPSA) is 49.0 Å². The molecule has 0 fully saturated rings. The Bertz CT molecular complexity index is 1280. The number of unbranched alkanes of at least 4 members (excludes halogenated alkanes) is 5. The molecule has 0 bridgehead atoms. The van der Waals surface area contributed by atoms with Crippen LogP contribution < -0.4 is 0 Å². The van der Waals surface area contributed by atoms with Crippen molar-refractivity contribution < 1.29 is 4.79 Å². The highest BCUT2D eigenvalue weighted by atomic mass is 35.5. The Labute approximate surface area is 314 Å². The predicted molar refractivity (Wildman–Crippen MR) is 231 cm³/mol. The van der Waals surface area contributed by atoms with Gasteiger partial charge < -0.3 is 9.88 Å². The van der Waals surface area contributed by atoms with Gasteiger partial charge >= 0.3 is 0 Å². The van der Waals surface area contributed by atoms with Crippen LogP contribution in [0.1, 0.15) is 111 Å². The molecule has 1 heterocycles. The number of carbonyl (C=O) groups is 1. The van der Waals surface area contributed by atoms with Crippen molar-refractivity contribution in [2.75, 3.05) is 20.5 Å². The molecule has 1 aromatic heterocycles. The van der Waals surface area contributed by atoms with Crippen molar-refractivity contribution in [2.45, 2.75) is 100 Å². The van der Waals surface area contributed by atoms with Crippen LogP contribution in [-0.2, 0) is 4.79 Å². The highest BCUT2D eigenvalue weighted by Crippen LogP contribution is 2.20. The van der Waals surface area contributed by atoms with Crippen LogP contribution in [0.3, 0.4) is 0 Å². The molecule has 0 amide bonds. The predicted octanol–water partition coefficient (Wildman–Crippen LogP) is 13.8. The maximum absolute atomic E-state index is 10.8. The minimum atomic E-state index is 0.0880. The van der Waals surface area contributed by atoms with E-state index in [1.165, 1.54) is 62.5 Å². The van der Waals surface area contributed by atoms with Gasteiger partial charge in [0.2, 0.25) is 0 Å². The molecule has 0 aliphatic heterocycles. The van der Waals surface area contributed by atoms with Crippen molar-refractivity contribution >= 4 is 29.0 Å². The van der Waals surface area contributed by atoms with Gasteiger partial charge in [0.15, 0.2) is 5.78 Å². The zero-order chi connectivity index (χ0) is 39.5. The van der Waals surface area contributed by atoms with Crippen LogP contribution in [0.5, 0.6) is 0 Å². The molecule has 0 radical (unpaired) electrons. The first-order valence-corrected chi connectivity index (χ1v) is 18.2. The summed E-state index contributed by atoms with van der Waals surface area (Å²) in [5, 5.41) is 0. The van der Waals surface area contributed by atoms with Crippen molar-refractivity contribution in [3.05, 3.63) is 140 Å². The molecular formula is C45H72ClN3O. The fourth-order valence-electron chi connectivity index (χ4n) is 3.98. The first-order valence-electron chi connectivity index (χ1n) is 17.5. The molecule has 0 aromatic carbocycles. The van der Waals surface area contributed by atoms with E-state index in [1.807, 2.05) is 90.2 Å². The molecule has 1 atom stereocenters. The van der Waals surface area contributed by atoms with E-state index < -0.39 is 0 Å². The van der Waals surface area contributed by atoms with E-state index >= 15 is 0 Å². The Kier molecular flexibility index (Phi) is 38.5. The average Bonchev–Trinajstić information content (AvgIpc) is 3.44. The number of alkyl halides is 1.